The van der Waals surface area contributed by atoms with Gasteiger partial charge in [-0.25, -0.2) is 4.98 Å². The molecule has 236 valence electrons. The molecule has 1 aromatic rings. The van der Waals surface area contributed by atoms with Crippen molar-refractivity contribution in [3.8, 4) is 0 Å². The van der Waals surface area contributed by atoms with Gasteiger partial charge in [0.25, 0.3) is 0 Å². The number of thiazole rings is 1. The molecular formula is C30H48N4O7S. The molecule has 2 amide bonds. The number of esters is 2. The van der Waals surface area contributed by atoms with Gasteiger partial charge in [-0.2, -0.15) is 0 Å². The molecule has 1 saturated heterocycles. The van der Waals surface area contributed by atoms with Crippen LogP contribution in [-0.4, -0.2) is 83.3 Å². The quantitative estimate of drug-likeness (QED) is 0.167. The van der Waals surface area contributed by atoms with Gasteiger partial charge in [0.1, 0.15) is 16.7 Å². The highest BCUT2D eigenvalue weighted by Gasteiger charge is 2.39. The lowest BCUT2D eigenvalue weighted by Gasteiger charge is -2.39. The number of carbonyl (C=O) groups is 5. The third-order valence-electron chi connectivity index (χ3n) is 7.82. The maximum Gasteiger partial charge on any atom is 0.307 e. The van der Waals surface area contributed by atoms with Gasteiger partial charge in [-0.1, -0.05) is 47.5 Å². The van der Waals surface area contributed by atoms with Crippen molar-refractivity contribution in [1.82, 2.24) is 20.1 Å². The molecule has 11 nitrogen and oxygen atoms in total. The van der Waals surface area contributed by atoms with Crippen molar-refractivity contribution in [1.29, 1.82) is 0 Å². The van der Waals surface area contributed by atoms with Gasteiger partial charge in [-0.05, 0) is 44.7 Å². The first-order valence-electron chi connectivity index (χ1n) is 15.0. The van der Waals surface area contributed by atoms with E-state index in [-0.39, 0.29) is 55.0 Å². The van der Waals surface area contributed by atoms with Crippen LogP contribution in [0.4, 0.5) is 0 Å². The van der Waals surface area contributed by atoms with Crippen LogP contribution in [0.5, 0.6) is 0 Å². The molecule has 2 heterocycles. The van der Waals surface area contributed by atoms with Crippen LogP contribution in [0.2, 0.25) is 0 Å². The number of ether oxygens (including phenoxy) is 2. The first kappa shape index (κ1) is 35.3. The monoisotopic (exact) mass is 608 g/mol. The Morgan fingerprint density at radius 1 is 1.21 bits per heavy atom. The molecule has 1 aliphatic heterocycles. The van der Waals surface area contributed by atoms with Crippen molar-refractivity contribution in [2.45, 2.75) is 111 Å². The van der Waals surface area contributed by atoms with Crippen LogP contribution in [-0.2, 0) is 28.7 Å². The molecule has 12 heteroatoms. The van der Waals surface area contributed by atoms with Crippen LogP contribution >= 0.6 is 11.3 Å². The molecule has 1 unspecified atom stereocenters. The number of hydrogen-bond acceptors (Lipinski definition) is 10. The molecule has 0 radical (unpaired) electrons. The molecule has 0 aromatic carbocycles. The topological polar surface area (TPSA) is 135 Å². The number of carbonyl (C=O) groups excluding carboxylic acids is 5. The molecule has 1 aromatic heterocycles. The zero-order valence-corrected chi connectivity index (χ0v) is 26.9. The van der Waals surface area contributed by atoms with E-state index in [2.05, 4.69) is 10.3 Å². The van der Waals surface area contributed by atoms with Gasteiger partial charge < -0.3 is 19.7 Å². The van der Waals surface area contributed by atoms with E-state index in [0.29, 0.717) is 24.1 Å². The van der Waals surface area contributed by atoms with E-state index in [9.17, 15) is 24.0 Å². The Kier molecular flexibility index (Phi) is 14.6. The number of amides is 2. The van der Waals surface area contributed by atoms with E-state index in [4.69, 9.17) is 9.47 Å². The van der Waals surface area contributed by atoms with Crippen LogP contribution in [0.15, 0.2) is 5.38 Å². The summed E-state index contributed by atoms with van der Waals surface area (Å²) in [6, 6.07) is -1.72. The Bertz CT molecular complexity index is 1060. The number of rotatable bonds is 16. The zero-order chi connectivity index (χ0) is 31.4. The van der Waals surface area contributed by atoms with Gasteiger partial charge in [-0.15, -0.1) is 11.3 Å². The van der Waals surface area contributed by atoms with E-state index in [1.54, 1.807) is 5.38 Å². The molecule has 5 atom stereocenters. The van der Waals surface area contributed by atoms with Crippen LogP contribution in [0.3, 0.4) is 0 Å². The summed E-state index contributed by atoms with van der Waals surface area (Å²) in [5, 5.41) is 5.05. The smallest absolute Gasteiger partial charge is 0.307 e. The Balaban J connectivity index is 2.46. The van der Waals surface area contributed by atoms with Crippen LogP contribution in [0, 0.1) is 11.8 Å². The summed E-state index contributed by atoms with van der Waals surface area (Å²) >= 11 is 1.19. The first-order valence-corrected chi connectivity index (χ1v) is 15.9. The fraction of sp³-hybridized carbons (Fsp3) is 0.733. The van der Waals surface area contributed by atoms with Crippen molar-refractivity contribution < 1.29 is 33.4 Å². The fourth-order valence-electron chi connectivity index (χ4n) is 5.14. The SMILES string of the molecule is CCCC(=O)OCN(C(=O)[C@@H](NC(=O)[C@H]1CCCCN1C)C(C)CC)[C@H](C[C@@H](OC(C)=O)c1nc(C=O)cs1)C(C)C. The zero-order valence-electron chi connectivity index (χ0n) is 26.1. The summed E-state index contributed by atoms with van der Waals surface area (Å²) in [5.41, 5.74) is 0.224. The summed E-state index contributed by atoms with van der Waals surface area (Å²) in [6.45, 7) is 11.4. The van der Waals surface area contributed by atoms with Crippen LogP contribution in [0.25, 0.3) is 0 Å². The van der Waals surface area contributed by atoms with Crippen molar-refractivity contribution in [2.24, 2.45) is 11.8 Å². The minimum absolute atomic E-state index is 0.153. The van der Waals surface area contributed by atoms with Gasteiger partial charge in [0.15, 0.2) is 19.1 Å². The van der Waals surface area contributed by atoms with E-state index in [0.717, 1.165) is 25.8 Å². The summed E-state index contributed by atoms with van der Waals surface area (Å²) < 4.78 is 11.2. The maximum absolute atomic E-state index is 14.4. The predicted molar refractivity (Wildman–Crippen MR) is 160 cm³/mol. The molecule has 0 spiro atoms. The average Bonchev–Trinajstić information content (AvgIpc) is 3.43. The number of nitrogens with zero attached hydrogens (tertiary/aromatic N) is 3. The van der Waals surface area contributed by atoms with E-state index in [1.165, 1.54) is 23.2 Å². The molecule has 42 heavy (non-hydrogen) atoms. The highest BCUT2D eigenvalue weighted by atomic mass is 32.1. The Labute approximate surface area is 253 Å². The van der Waals surface area contributed by atoms with Crippen molar-refractivity contribution in [3.63, 3.8) is 0 Å². The second-order valence-electron chi connectivity index (χ2n) is 11.4. The normalized spacial score (nSPS) is 18.4. The Hall–Kier alpha value is -2.86. The lowest BCUT2D eigenvalue weighted by Crippen LogP contribution is -2.59. The highest BCUT2D eigenvalue weighted by Crippen LogP contribution is 2.31. The largest absolute Gasteiger partial charge is 0.455 e. The molecule has 2 rings (SSSR count). The van der Waals surface area contributed by atoms with Crippen molar-refractivity contribution in [2.75, 3.05) is 20.3 Å². The number of hydrogen-bond donors (Lipinski definition) is 1. The standard InChI is InChI=1S/C30H48N4O7S/c1-8-12-26(37)40-18-34(24(19(3)4)15-25(41-21(6)36)29-31-22(16-35)17-42-29)30(39)27(20(5)9-2)32-28(38)23-13-10-11-14-33(23)7/h16-17,19-20,23-25,27H,8-15,18H2,1-7H3,(H,32,38)/t20?,23-,24-,25-,27+/m1/s1. The van der Waals surface area contributed by atoms with Crippen LogP contribution < -0.4 is 5.32 Å². The molecular weight excluding hydrogens is 560 g/mol. The summed E-state index contributed by atoms with van der Waals surface area (Å²) in [4.78, 5) is 71.4. The molecule has 1 N–H and O–H groups in total. The molecule has 1 aliphatic rings. The van der Waals surface area contributed by atoms with E-state index in [1.807, 2.05) is 46.6 Å². The third-order valence-corrected chi connectivity index (χ3v) is 8.78. The minimum Gasteiger partial charge on any atom is -0.455 e. The van der Waals surface area contributed by atoms with E-state index >= 15 is 0 Å². The summed E-state index contributed by atoms with van der Waals surface area (Å²) in [7, 11) is 1.92. The van der Waals surface area contributed by atoms with Crippen molar-refractivity contribution in [3.05, 3.63) is 16.1 Å². The Morgan fingerprint density at radius 3 is 2.48 bits per heavy atom. The third kappa shape index (κ3) is 10.1. The molecule has 0 saturated carbocycles. The first-order chi connectivity index (χ1) is 19.9. The number of piperidine rings is 1. The maximum atomic E-state index is 14.4. The average molecular weight is 609 g/mol. The molecule has 0 bridgehead atoms. The fourth-order valence-corrected chi connectivity index (χ4v) is 5.94. The number of aromatic nitrogens is 1. The Morgan fingerprint density at radius 2 is 1.93 bits per heavy atom. The van der Waals surface area contributed by atoms with Gasteiger partial charge in [0.2, 0.25) is 11.8 Å². The highest BCUT2D eigenvalue weighted by molar-refractivity contribution is 7.09. The summed E-state index contributed by atoms with van der Waals surface area (Å²) in [5.74, 6) is -1.87. The van der Waals surface area contributed by atoms with Gasteiger partial charge >= 0.3 is 11.9 Å². The minimum atomic E-state index is -0.849. The predicted octanol–water partition coefficient (Wildman–Crippen LogP) is 4.12. The number of likely N-dealkylation sites (N-methyl/N-ethyl adjacent to an activating group) is 1. The molecule has 1 fully saturated rings. The lowest BCUT2D eigenvalue weighted by molar-refractivity contribution is -0.160. The number of aldehydes is 1. The second kappa shape index (κ2) is 17.3. The summed E-state index contributed by atoms with van der Waals surface area (Å²) in [6.07, 6.45) is 4.08. The second-order valence-corrected chi connectivity index (χ2v) is 12.3. The van der Waals surface area contributed by atoms with E-state index < -0.39 is 30.1 Å². The van der Waals surface area contributed by atoms with Gasteiger partial charge in [-0.3, -0.25) is 28.9 Å². The van der Waals surface area contributed by atoms with Crippen molar-refractivity contribution >= 4 is 41.4 Å². The van der Waals surface area contributed by atoms with Gasteiger partial charge in [0.05, 0.1) is 6.04 Å². The number of likely N-dealkylation sites (tertiary alicyclic amines) is 1. The van der Waals surface area contributed by atoms with Crippen LogP contribution in [0.1, 0.15) is 108 Å². The number of nitrogens with one attached hydrogen (secondary N) is 1. The molecule has 0 aliphatic carbocycles. The lowest BCUT2D eigenvalue weighted by atomic mass is 9.92. The van der Waals surface area contributed by atoms with Gasteiger partial charge in [0, 0.05) is 31.2 Å².